The van der Waals surface area contributed by atoms with E-state index in [0.717, 1.165) is 4.47 Å². The summed E-state index contributed by atoms with van der Waals surface area (Å²) in [5.41, 5.74) is 0.440. The van der Waals surface area contributed by atoms with Gasteiger partial charge in [0.05, 0.1) is 10.6 Å². The number of hydrogen-bond acceptors (Lipinski definition) is 2. The fourth-order valence-corrected chi connectivity index (χ4v) is 2.64. The van der Waals surface area contributed by atoms with Gasteiger partial charge in [-0.05, 0) is 31.5 Å². The molecule has 2 unspecified atom stereocenters. The Labute approximate surface area is 123 Å². The van der Waals surface area contributed by atoms with Crippen LogP contribution in [0.5, 0.6) is 0 Å². The van der Waals surface area contributed by atoms with Gasteiger partial charge in [-0.15, -0.1) is 0 Å². The van der Waals surface area contributed by atoms with E-state index in [-0.39, 0.29) is 11.9 Å². The second kappa shape index (κ2) is 7.26. The van der Waals surface area contributed by atoms with E-state index in [1.807, 2.05) is 6.92 Å². The maximum Gasteiger partial charge on any atom is 0.253 e. The molecule has 0 bridgehead atoms. The molecule has 1 rings (SSSR count). The highest BCUT2D eigenvalue weighted by Gasteiger charge is 2.13. The van der Waals surface area contributed by atoms with E-state index in [9.17, 15) is 9.00 Å². The molecule has 0 aliphatic carbocycles. The van der Waals surface area contributed by atoms with Crippen molar-refractivity contribution in [2.45, 2.75) is 19.4 Å². The minimum Gasteiger partial charge on any atom is -0.350 e. The van der Waals surface area contributed by atoms with E-state index in [1.165, 1.54) is 0 Å². The Morgan fingerprint density at radius 1 is 1.56 bits per heavy atom. The van der Waals surface area contributed by atoms with Crippen LogP contribution in [0, 0.1) is 0 Å². The number of carbonyl (C=O) groups excluding carboxylic acids is 1. The SMILES string of the molecule is CC(CCS(C)=O)NC(=O)c1cc(Br)ccc1Cl. The molecule has 1 N–H and O–H groups in total. The summed E-state index contributed by atoms with van der Waals surface area (Å²) in [4.78, 5) is 12.0. The van der Waals surface area contributed by atoms with Crippen molar-refractivity contribution >= 4 is 44.2 Å². The first-order valence-corrected chi connectivity index (χ1v) is 8.36. The summed E-state index contributed by atoms with van der Waals surface area (Å²) in [7, 11) is -0.838. The van der Waals surface area contributed by atoms with E-state index >= 15 is 0 Å². The van der Waals surface area contributed by atoms with Crippen LogP contribution in [-0.4, -0.2) is 28.2 Å². The molecule has 1 aromatic rings. The molecule has 0 spiro atoms. The number of amides is 1. The van der Waals surface area contributed by atoms with Crippen LogP contribution in [0.25, 0.3) is 0 Å². The molecule has 18 heavy (non-hydrogen) atoms. The lowest BCUT2D eigenvalue weighted by atomic mass is 10.2. The Kier molecular flexibility index (Phi) is 6.32. The highest BCUT2D eigenvalue weighted by molar-refractivity contribution is 9.10. The predicted octanol–water partition coefficient (Wildman–Crippen LogP) is 2.99. The van der Waals surface area contributed by atoms with Crippen molar-refractivity contribution in [3.63, 3.8) is 0 Å². The van der Waals surface area contributed by atoms with Crippen molar-refractivity contribution in [1.29, 1.82) is 0 Å². The lowest BCUT2D eigenvalue weighted by Gasteiger charge is -2.14. The van der Waals surface area contributed by atoms with Gasteiger partial charge in [0, 0.05) is 33.3 Å². The van der Waals surface area contributed by atoms with Gasteiger partial charge in [0.15, 0.2) is 0 Å². The minimum absolute atomic E-state index is 0.0311. The number of benzene rings is 1. The summed E-state index contributed by atoms with van der Waals surface area (Å²) in [6, 6.07) is 5.11. The summed E-state index contributed by atoms with van der Waals surface area (Å²) in [5.74, 6) is 0.365. The molecule has 3 nitrogen and oxygen atoms in total. The van der Waals surface area contributed by atoms with Crippen molar-refractivity contribution in [1.82, 2.24) is 5.32 Å². The monoisotopic (exact) mass is 351 g/mol. The van der Waals surface area contributed by atoms with Crippen molar-refractivity contribution in [3.05, 3.63) is 33.3 Å². The van der Waals surface area contributed by atoms with Gasteiger partial charge in [-0.1, -0.05) is 27.5 Å². The Balaban J connectivity index is 2.64. The zero-order valence-electron chi connectivity index (χ0n) is 10.2. The van der Waals surface area contributed by atoms with Crippen molar-refractivity contribution in [2.75, 3.05) is 12.0 Å². The number of rotatable bonds is 5. The third kappa shape index (κ3) is 5.08. The molecule has 1 amide bonds. The van der Waals surface area contributed by atoms with Gasteiger partial charge in [0.25, 0.3) is 5.91 Å². The Bertz CT molecular complexity index is 467. The third-order valence-corrected chi connectivity index (χ3v) is 4.02. The second-order valence-corrected chi connectivity index (χ2v) is 6.94. The molecule has 2 atom stereocenters. The molecule has 0 fully saturated rings. The zero-order chi connectivity index (χ0) is 13.7. The lowest BCUT2D eigenvalue weighted by molar-refractivity contribution is 0.0939. The molecule has 0 aromatic heterocycles. The standard InChI is InChI=1S/C12H15BrClNO2S/c1-8(5-6-18(2)17)15-12(16)10-7-9(13)3-4-11(10)14/h3-4,7-8H,5-6H2,1-2H3,(H,15,16). The van der Waals surface area contributed by atoms with Crippen molar-refractivity contribution in [3.8, 4) is 0 Å². The number of halogens is 2. The zero-order valence-corrected chi connectivity index (χ0v) is 13.4. The highest BCUT2D eigenvalue weighted by atomic mass is 79.9. The average Bonchev–Trinajstić information content (AvgIpc) is 2.29. The fraction of sp³-hybridized carbons (Fsp3) is 0.417. The first-order chi connectivity index (χ1) is 8.40. The normalized spacial score (nSPS) is 14.0. The molecule has 0 saturated carbocycles. The lowest BCUT2D eigenvalue weighted by Crippen LogP contribution is -2.33. The Morgan fingerprint density at radius 2 is 2.22 bits per heavy atom. The predicted molar refractivity (Wildman–Crippen MR) is 79.6 cm³/mol. The summed E-state index contributed by atoms with van der Waals surface area (Å²) in [6.07, 6.45) is 2.33. The number of nitrogens with one attached hydrogen (secondary N) is 1. The molecule has 0 aliphatic rings. The first kappa shape index (κ1) is 15.7. The van der Waals surface area contributed by atoms with Crippen molar-refractivity contribution in [2.24, 2.45) is 0 Å². The summed E-state index contributed by atoms with van der Waals surface area (Å²) in [5, 5.41) is 3.26. The molecule has 6 heteroatoms. The molecule has 1 aromatic carbocycles. The van der Waals surface area contributed by atoms with Gasteiger partial charge in [-0.25, -0.2) is 0 Å². The van der Waals surface area contributed by atoms with Gasteiger partial charge < -0.3 is 5.32 Å². The van der Waals surface area contributed by atoms with E-state index in [2.05, 4.69) is 21.2 Å². The van der Waals surface area contributed by atoms with Crippen LogP contribution >= 0.6 is 27.5 Å². The Hall–Kier alpha value is -0.390. The van der Waals surface area contributed by atoms with Crippen LogP contribution in [0.1, 0.15) is 23.7 Å². The van der Waals surface area contributed by atoms with Crippen LogP contribution in [0.3, 0.4) is 0 Å². The van der Waals surface area contributed by atoms with Crippen LogP contribution in [-0.2, 0) is 10.8 Å². The number of hydrogen-bond donors (Lipinski definition) is 1. The van der Waals surface area contributed by atoms with E-state index in [1.54, 1.807) is 24.5 Å². The largest absolute Gasteiger partial charge is 0.350 e. The topological polar surface area (TPSA) is 46.2 Å². The maximum absolute atomic E-state index is 12.0. The van der Waals surface area contributed by atoms with Gasteiger partial charge in [0.2, 0.25) is 0 Å². The third-order valence-electron chi connectivity index (χ3n) is 2.39. The second-order valence-electron chi connectivity index (χ2n) is 4.06. The van der Waals surface area contributed by atoms with Crippen LogP contribution in [0.2, 0.25) is 5.02 Å². The fourth-order valence-electron chi connectivity index (χ4n) is 1.39. The minimum atomic E-state index is -0.838. The number of carbonyl (C=O) groups is 1. The Morgan fingerprint density at radius 3 is 2.83 bits per heavy atom. The van der Waals surface area contributed by atoms with E-state index in [0.29, 0.717) is 22.8 Å². The quantitative estimate of drug-likeness (QED) is 0.885. The molecule has 0 aliphatic heterocycles. The van der Waals surface area contributed by atoms with Crippen molar-refractivity contribution < 1.29 is 9.00 Å². The molecule has 0 radical (unpaired) electrons. The summed E-state index contributed by atoms with van der Waals surface area (Å²) in [6.45, 7) is 1.89. The maximum atomic E-state index is 12.0. The smallest absolute Gasteiger partial charge is 0.253 e. The molecular formula is C12H15BrClNO2S. The van der Waals surface area contributed by atoms with Crippen LogP contribution < -0.4 is 5.32 Å². The van der Waals surface area contributed by atoms with E-state index in [4.69, 9.17) is 11.6 Å². The molecular weight excluding hydrogens is 338 g/mol. The van der Waals surface area contributed by atoms with Gasteiger partial charge >= 0.3 is 0 Å². The van der Waals surface area contributed by atoms with Gasteiger partial charge in [0.1, 0.15) is 0 Å². The van der Waals surface area contributed by atoms with Crippen LogP contribution in [0.4, 0.5) is 0 Å². The first-order valence-electron chi connectivity index (χ1n) is 5.46. The van der Waals surface area contributed by atoms with Crippen LogP contribution in [0.15, 0.2) is 22.7 Å². The molecule has 0 heterocycles. The molecule has 0 saturated heterocycles. The van der Waals surface area contributed by atoms with Gasteiger partial charge in [-0.2, -0.15) is 0 Å². The average molecular weight is 353 g/mol. The summed E-state index contributed by atoms with van der Waals surface area (Å²) >= 11 is 9.27. The van der Waals surface area contributed by atoms with Gasteiger partial charge in [-0.3, -0.25) is 9.00 Å². The summed E-state index contributed by atoms with van der Waals surface area (Å²) < 4.78 is 11.8. The molecule has 100 valence electrons. The van der Waals surface area contributed by atoms with E-state index < -0.39 is 10.8 Å². The highest BCUT2D eigenvalue weighted by Crippen LogP contribution is 2.21.